The lowest BCUT2D eigenvalue weighted by Crippen LogP contribution is -2.33. The minimum Gasteiger partial charge on any atom is -0.385 e. The van der Waals surface area contributed by atoms with Crippen LogP contribution in [0.1, 0.15) is 32.6 Å². The zero-order valence-electron chi connectivity index (χ0n) is 20.0. The van der Waals surface area contributed by atoms with Crippen molar-refractivity contribution < 1.29 is 18.9 Å². The molecule has 0 aliphatic heterocycles. The number of rotatable bonds is 23. The van der Waals surface area contributed by atoms with Crippen LogP contribution in [0.25, 0.3) is 0 Å². The van der Waals surface area contributed by atoms with Crippen LogP contribution in [0.3, 0.4) is 0 Å². The van der Waals surface area contributed by atoms with E-state index < -0.39 is 0 Å². The lowest BCUT2D eigenvalue weighted by molar-refractivity contribution is 0.155. The lowest BCUT2D eigenvalue weighted by Gasteiger charge is -2.27. The van der Waals surface area contributed by atoms with Crippen LogP contribution in [0.4, 0.5) is 0 Å². The Kier molecular flexibility index (Phi) is 23.9. The molecule has 176 valence electrons. The number of hydrogen-bond acceptors (Lipinski definition) is 5. The van der Waals surface area contributed by atoms with Crippen LogP contribution in [-0.2, 0) is 18.9 Å². The van der Waals surface area contributed by atoms with E-state index in [1.807, 2.05) is 14.2 Å². The first-order valence-corrected chi connectivity index (χ1v) is 15.1. The van der Waals surface area contributed by atoms with E-state index in [1.54, 1.807) is 14.2 Å². The van der Waals surface area contributed by atoms with Gasteiger partial charge in [0.05, 0.1) is 6.61 Å². The Morgan fingerprint density at radius 1 is 0.517 bits per heavy atom. The molecule has 0 radical (unpaired) electrons. The molecule has 0 heterocycles. The van der Waals surface area contributed by atoms with Gasteiger partial charge in [-0.2, -0.15) is 0 Å². The summed E-state index contributed by atoms with van der Waals surface area (Å²) >= 11 is 0. The monoisotopic (exact) mass is 453 g/mol. The molecule has 29 heavy (non-hydrogen) atoms. The first-order chi connectivity index (χ1) is 14.2. The summed E-state index contributed by atoms with van der Waals surface area (Å²) in [6, 6.07) is 0. The largest absolute Gasteiger partial charge is 0.385 e. The molecule has 0 aromatic carbocycles. The molecule has 1 atom stereocenters. The number of nitrogens with zero attached hydrogens (tertiary/aromatic N) is 1. The van der Waals surface area contributed by atoms with Crippen LogP contribution in [0.5, 0.6) is 0 Å². The van der Waals surface area contributed by atoms with Gasteiger partial charge in [0.1, 0.15) is 0 Å². The first-order valence-electron chi connectivity index (χ1n) is 11.3. The second kappa shape index (κ2) is 23.3. The van der Waals surface area contributed by atoms with Crippen molar-refractivity contribution in [2.45, 2.75) is 32.6 Å². The molecule has 0 aromatic rings. The fourth-order valence-electron chi connectivity index (χ4n) is 3.41. The van der Waals surface area contributed by atoms with Crippen LogP contribution in [0.2, 0.25) is 0 Å². The highest BCUT2D eigenvalue weighted by molar-refractivity contribution is 7.57. The van der Waals surface area contributed by atoms with Crippen molar-refractivity contribution in [2.75, 3.05) is 111 Å². The second-order valence-electron chi connectivity index (χ2n) is 7.56. The summed E-state index contributed by atoms with van der Waals surface area (Å²) in [6.45, 7) is 9.33. The fourth-order valence-corrected chi connectivity index (χ4v) is 8.24. The third kappa shape index (κ3) is 19.1. The van der Waals surface area contributed by atoms with Gasteiger partial charge in [-0.3, -0.25) is 0 Å². The van der Waals surface area contributed by atoms with Gasteiger partial charge in [-0.15, -0.1) is 15.8 Å². The van der Waals surface area contributed by atoms with E-state index in [0.29, 0.717) is 0 Å². The van der Waals surface area contributed by atoms with Crippen LogP contribution < -0.4 is 0 Å². The van der Waals surface area contributed by atoms with E-state index in [0.717, 1.165) is 33.0 Å². The molecule has 0 N–H and O–H groups in total. The van der Waals surface area contributed by atoms with Gasteiger partial charge >= 0.3 is 0 Å². The van der Waals surface area contributed by atoms with Crippen molar-refractivity contribution in [1.82, 2.24) is 4.90 Å². The van der Waals surface area contributed by atoms with Gasteiger partial charge in [0.25, 0.3) is 0 Å². The average molecular weight is 454 g/mol. The highest BCUT2D eigenvalue weighted by Crippen LogP contribution is 2.38. The third-order valence-corrected chi connectivity index (χ3v) is 10.7. The van der Waals surface area contributed by atoms with Gasteiger partial charge in [-0.05, 0) is 56.2 Å². The molecule has 0 spiro atoms. The molecular weight excluding hydrogens is 404 g/mol. The molecule has 0 aromatic heterocycles. The Morgan fingerprint density at radius 3 is 1.31 bits per heavy atom. The van der Waals surface area contributed by atoms with Crippen LogP contribution in [0.15, 0.2) is 0 Å². The molecule has 0 amide bonds. The maximum Gasteiger partial charge on any atom is 0.0589 e. The van der Waals surface area contributed by atoms with E-state index >= 15 is 0 Å². The van der Waals surface area contributed by atoms with E-state index in [-0.39, 0.29) is 15.8 Å². The quantitative estimate of drug-likeness (QED) is 0.169. The molecule has 0 rings (SSSR count). The maximum absolute atomic E-state index is 5.39. The standard InChI is InChI=1S/C22H49NO4P2/c1-6-17-28(18-7-13-24-2)21-11-23(10-16-27-5)12-22-29(19-8-14-25-3)20-9-15-26-4/h6-22H2,1-5H3. The van der Waals surface area contributed by atoms with Crippen molar-refractivity contribution in [1.29, 1.82) is 0 Å². The van der Waals surface area contributed by atoms with Crippen molar-refractivity contribution >= 4 is 15.8 Å². The summed E-state index contributed by atoms with van der Waals surface area (Å²) in [5, 5.41) is 0. The SMILES string of the molecule is CCCP(CCCOC)CCN(CCOC)CCP(CCCOC)CCCOC. The van der Waals surface area contributed by atoms with Gasteiger partial charge in [0, 0.05) is 67.9 Å². The zero-order valence-corrected chi connectivity index (χ0v) is 21.8. The number of hydrogen-bond donors (Lipinski definition) is 0. The minimum atomic E-state index is 0.0705. The normalized spacial score (nSPS) is 12.9. The molecular formula is C22H49NO4P2. The average Bonchev–Trinajstić information content (AvgIpc) is 2.72. The van der Waals surface area contributed by atoms with Gasteiger partial charge in [0.15, 0.2) is 0 Å². The van der Waals surface area contributed by atoms with Crippen LogP contribution in [-0.4, -0.2) is 116 Å². The Balaban J connectivity index is 4.52. The molecule has 0 aliphatic rings. The third-order valence-electron chi connectivity index (χ3n) is 5.08. The summed E-state index contributed by atoms with van der Waals surface area (Å²) in [4.78, 5) is 2.66. The summed E-state index contributed by atoms with van der Waals surface area (Å²) < 4.78 is 21.2. The predicted molar refractivity (Wildman–Crippen MR) is 131 cm³/mol. The molecule has 0 bridgehead atoms. The topological polar surface area (TPSA) is 40.2 Å². The lowest BCUT2D eigenvalue weighted by atomic mass is 10.5. The van der Waals surface area contributed by atoms with Crippen molar-refractivity contribution in [3.8, 4) is 0 Å². The van der Waals surface area contributed by atoms with E-state index in [4.69, 9.17) is 18.9 Å². The van der Waals surface area contributed by atoms with Gasteiger partial charge in [-0.25, -0.2) is 0 Å². The molecule has 7 heteroatoms. The molecule has 0 saturated carbocycles. The molecule has 0 saturated heterocycles. The van der Waals surface area contributed by atoms with Crippen molar-refractivity contribution in [2.24, 2.45) is 0 Å². The highest BCUT2D eigenvalue weighted by atomic mass is 31.1. The Morgan fingerprint density at radius 2 is 0.931 bits per heavy atom. The first kappa shape index (κ1) is 29.7. The molecule has 0 fully saturated rings. The Bertz CT molecular complexity index is 317. The smallest absolute Gasteiger partial charge is 0.0589 e. The van der Waals surface area contributed by atoms with Crippen molar-refractivity contribution in [3.05, 3.63) is 0 Å². The summed E-state index contributed by atoms with van der Waals surface area (Å²) in [7, 11) is 7.45. The molecule has 5 nitrogen and oxygen atoms in total. The second-order valence-corrected chi connectivity index (χ2v) is 12.9. The number of ether oxygens (including phenoxy) is 4. The predicted octanol–water partition coefficient (Wildman–Crippen LogP) is 4.42. The van der Waals surface area contributed by atoms with Gasteiger partial charge in [-0.1, -0.05) is 13.3 Å². The Hall–Kier alpha value is 0.660. The van der Waals surface area contributed by atoms with Crippen LogP contribution in [0, 0.1) is 0 Å². The van der Waals surface area contributed by atoms with Crippen LogP contribution >= 0.6 is 15.8 Å². The maximum atomic E-state index is 5.39. The van der Waals surface area contributed by atoms with E-state index in [2.05, 4.69) is 11.8 Å². The van der Waals surface area contributed by atoms with E-state index in [1.165, 1.54) is 75.7 Å². The summed E-state index contributed by atoms with van der Waals surface area (Å²) in [6.07, 6.45) is 13.0. The van der Waals surface area contributed by atoms with E-state index in [9.17, 15) is 0 Å². The van der Waals surface area contributed by atoms with Gasteiger partial charge in [0.2, 0.25) is 0 Å². The van der Waals surface area contributed by atoms with Gasteiger partial charge < -0.3 is 23.8 Å². The number of methoxy groups -OCH3 is 4. The fraction of sp³-hybridized carbons (Fsp3) is 1.00. The summed E-state index contributed by atoms with van der Waals surface area (Å²) in [5.41, 5.74) is 0. The Labute approximate surface area is 184 Å². The molecule has 0 aliphatic carbocycles. The van der Waals surface area contributed by atoms with Crippen molar-refractivity contribution in [3.63, 3.8) is 0 Å². The zero-order chi connectivity index (χ0) is 21.6. The minimum absolute atomic E-state index is 0.0705. The molecule has 1 unspecified atom stereocenters. The summed E-state index contributed by atoms with van der Waals surface area (Å²) in [5.74, 6) is 0. The highest BCUT2D eigenvalue weighted by Gasteiger charge is 2.14.